The maximum absolute atomic E-state index is 6.16. The smallest absolute Gasteiger partial charge is 0.161 e. The first-order chi connectivity index (χ1) is 11.2. The van der Waals surface area contributed by atoms with Crippen molar-refractivity contribution in [2.75, 3.05) is 27.4 Å². The second kappa shape index (κ2) is 7.29. The number of halogens is 1. The van der Waals surface area contributed by atoms with E-state index in [9.17, 15) is 0 Å². The van der Waals surface area contributed by atoms with Crippen LogP contribution in [0.3, 0.4) is 0 Å². The predicted molar refractivity (Wildman–Crippen MR) is 86.4 cm³/mol. The van der Waals surface area contributed by atoms with Crippen molar-refractivity contribution in [2.24, 2.45) is 0 Å². The maximum Gasteiger partial charge on any atom is 0.161 e. The molecule has 1 atom stereocenters. The Hall–Kier alpha value is -1.63. The summed E-state index contributed by atoms with van der Waals surface area (Å²) in [6, 6.07) is 5.44. The Kier molecular flexibility index (Phi) is 5.15. The van der Waals surface area contributed by atoms with Crippen molar-refractivity contribution < 1.29 is 14.2 Å². The van der Waals surface area contributed by atoms with Gasteiger partial charge in [-0.05, 0) is 31.0 Å². The monoisotopic (exact) mass is 337 g/mol. The molecule has 0 amide bonds. The van der Waals surface area contributed by atoms with Crippen molar-refractivity contribution in [1.82, 2.24) is 14.8 Å². The number of hydrogen-bond donors (Lipinski definition) is 0. The highest BCUT2D eigenvalue weighted by molar-refractivity contribution is 6.30. The summed E-state index contributed by atoms with van der Waals surface area (Å²) in [4.78, 5) is 4.66. The van der Waals surface area contributed by atoms with E-state index in [1.54, 1.807) is 25.0 Å². The number of methoxy groups -OCH3 is 2. The van der Waals surface area contributed by atoms with Crippen LogP contribution in [-0.2, 0) is 15.9 Å². The molecule has 1 fully saturated rings. The molecule has 7 heteroatoms. The van der Waals surface area contributed by atoms with Gasteiger partial charge < -0.3 is 14.2 Å². The summed E-state index contributed by atoms with van der Waals surface area (Å²) < 4.78 is 18.2. The molecule has 0 unspecified atom stereocenters. The molecule has 1 aliphatic heterocycles. The van der Waals surface area contributed by atoms with Crippen LogP contribution in [0, 0.1) is 0 Å². The number of nitrogens with zero attached hydrogens (tertiary/aromatic N) is 3. The lowest BCUT2D eigenvalue weighted by Gasteiger charge is -2.13. The van der Waals surface area contributed by atoms with Crippen molar-refractivity contribution >= 4 is 11.6 Å². The van der Waals surface area contributed by atoms with E-state index in [1.807, 2.05) is 12.1 Å². The number of hydrogen-bond acceptors (Lipinski definition) is 5. The second-order valence-electron chi connectivity index (χ2n) is 5.36. The molecule has 1 saturated heterocycles. The topological polar surface area (TPSA) is 58.4 Å². The second-order valence-corrected chi connectivity index (χ2v) is 5.80. The first kappa shape index (κ1) is 16.2. The van der Waals surface area contributed by atoms with Crippen LogP contribution < -0.4 is 4.74 Å². The summed E-state index contributed by atoms with van der Waals surface area (Å²) in [5, 5.41) is 5.24. The Morgan fingerprint density at radius 1 is 1.39 bits per heavy atom. The van der Waals surface area contributed by atoms with Crippen LogP contribution >= 0.6 is 11.6 Å². The summed E-state index contributed by atoms with van der Waals surface area (Å²) in [6.07, 6.45) is 2.55. The van der Waals surface area contributed by atoms with Gasteiger partial charge in [0.05, 0.1) is 13.7 Å². The molecule has 1 aromatic carbocycles. The van der Waals surface area contributed by atoms with E-state index >= 15 is 0 Å². The largest absolute Gasteiger partial charge is 0.494 e. The third kappa shape index (κ3) is 3.49. The van der Waals surface area contributed by atoms with E-state index < -0.39 is 0 Å². The van der Waals surface area contributed by atoms with Gasteiger partial charge in [-0.3, -0.25) is 0 Å². The van der Waals surface area contributed by atoms with Crippen LogP contribution in [0.1, 0.15) is 30.6 Å². The summed E-state index contributed by atoms with van der Waals surface area (Å²) in [7, 11) is 3.29. The summed E-state index contributed by atoms with van der Waals surface area (Å²) in [5.74, 6) is 2.20. The third-order valence-electron chi connectivity index (χ3n) is 3.79. The van der Waals surface area contributed by atoms with Crippen molar-refractivity contribution in [3.05, 3.63) is 34.9 Å². The van der Waals surface area contributed by atoms with E-state index in [2.05, 4.69) is 10.1 Å². The lowest BCUT2D eigenvalue weighted by atomic mass is 10.2. The zero-order valence-electron chi connectivity index (χ0n) is 13.3. The van der Waals surface area contributed by atoms with Crippen LogP contribution in [0.2, 0.25) is 5.02 Å². The first-order valence-corrected chi connectivity index (χ1v) is 8.01. The minimum absolute atomic E-state index is 0.0533. The highest BCUT2D eigenvalue weighted by Crippen LogP contribution is 2.32. The molecule has 3 rings (SSSR count). The molecule has 0 spiro atoms. The van der Waals surface area contributed by atoms with Gasteiger partial charge in [0.2, 0.25) is 0 Å². The average molecular weight is 338 g/mol. The van der Waals surface area contributed by atoms with Gasteiger partial charge >= 0.3 is 0 Å². The molecular weight excluding hydrogens is 318 g/mol. The molecule has 0 radical (unpaired) electrons. The molecule has 1 aliphatic rings. The molecule has 0 bridgehead atoms. The molecule has 2 aromatic rings. The van der Waals surface area contributed by atoms with Crippen LogP contribution in [0.25, 0.3) is 5.69 Å². The van der Waals surface area contributed by atoms with Crippen molar-refractivity contribution in [3.8, 4) is 11.4 Å². The van der Waals surface area contributed by atoms with Crippen LogP contribution in [0.15, 0.2) is 18.2 Å². The Bertz CT molecular complexity index is 669. The molecular formula is C16H20ClN3O3. The molecule has 124 valence electrons. The fourth-order valence-electron chi connectivity index (χ4n) is 2.66. The molecule has 0 saturated carbocycles. The van der Waals surface area contributed by atoms with Crippen molar-refractivity contribution in [2.45, 2.75) is 25.4 Å². The van der Waals surface area contributed by atoms with Crippen molar-refractivity contribution in [1.29, 1.82) is 0 Å². The van der Waals surface area contributed by atoms with Gasteiger partial charge in [-0.1, -0.05) is 11.6 Å². The number of rotatable bonds is 6. The first-order valence-electron chi connectivity index (χ1n) is 7.63. The van der Waals surface area contributed by atoms with Crippen LogP contribution in [-0.4, -0.2) is 42.2 Å². The van der Waals surface area contributed by atoms with Crippen LogP contribution in [0.5, 0.6) is 5.75 Å². The van der Waals surface area contributed by atoms with Gasteiger partial charge in [-0.25, -0.2) is 9.67 Å². The normalized spacial score (nSPS) is 17.6. The SMILES string of the molecule is COCCc1nc([C@@H]2CCCO2)n(-c2cc(Cl)ccc2OC)n1. The lowest BCUT2D eigenvalue weighted by Crippen LogP contribution is -2.09. The Labute approximate surface area is 140 Å². The fourth-order valence-corrected chi connectivity index (χ4v) is 2.83. The standard InChI is InChI=1S/C16H20ClN3O3/c1-21-9-7-15-18-16(14-4-3-8-23-14)20(19-15)12-10-11(17)5-6-13(12)22-2/h5-6,10,14H,3-4,7-9H2,1-2H3/t14-/m0/s1. The molecule has 2 heterocycles. The number of benzene rings is 1. The molecule has 1 aromatic heterocycles. The Morgan fingerprint density at radius 3 is 2.96 bits per heavy atom. The fraction of sp³-hybridized carbons (Fsp3) is 0.500. The minimum Gasteiger partial charge on any atom is -0.494 e. The Balaban J connectivity index is 2.05. The summed E-state index contributed by atoms with van der Waals surface area (Å²) in [6.45, 7) is 1.32. The van der Waals surface area contributed by atoms with E-state index in [-0.39, 0.29) is 6.10 Å². The summed E-state index contributed by atoms with van der Waals surface area (Å²) in [5.41, 5.74) is 0.765. The minimum atomic E-state index is -0.0533. The third-order valence-corrected chi connectivity index (χ3v) is 4.03. The summed E-state index contributed by atoms with van der Waals surface area (Å²) >= 11 is 6.16. The molecule has 0 aliphatic carbocycles. The van der Waals surface area contributed by atoms with Gasteiger partial charge in [-0.15, -0.1) is 0 Å². The zero-order chi connectivity index (χ0) is 16.2. The van der Waals surface area contributed by atoms with Crippen LogP contribution in [0.4, 0.5) is 0 Å². The van der Waals surface area contributed by atoms with Gasteiger partial charge in [0.25, 0.3) is 0 Å². The lowest BCUT2D eigenvalue weighted by molar-refractivity contribution is 0.103. The predicted octanol–water partition coefficient (Wildman–Crippen LogP) is 2.97. The van der Waals surface area contributed by atoms with Gasteiger partial charge in [0.1, 0.15) is 17.5 Å². The van der Waals surface area contributed by atoms with Crippen molar-refractivity contribution in [3.63, 3.8) is 0 Å². The Morgan fingerprint density at radius 2 is 2.26 bits per heavy atom. The van der Waals surface area contributed by atoms with E-state index in [4.69, 9.17) is 25.8 Å². The highest BCUT2D eigenvalue weighted by Gasteiger charge is 2.26. The maximum atomic E-state index is 6.16. The van der Waals surface area contributed by atoms with E-state index in [0.29, 0.717) is 23.8 Å². The van der Waals surface area contributed by atoms with Gasteiger partial charge in [-0.2, -0.15) is 5.10 Å². The number of ether oxygens (including phenoxy) is 3. The molecule has 0 N–H and O–H groups in total. The van der Waals surface area contributed by atoms with Gasteiger partial charge in [0.15, 0.2) is 11.6 Å². The molecule has 6 nitrogen and oxygen atoms in total. The van der Waals surface area contributed by atoms with E-state index in [1.165, 1.54) is 0 Å². The molecule has 23 heavy (non-hydrogen) atoms. The zero-order valence-corrected chi connectivity index (χ0v) is 14.0. The average Bonchev–Trinajstić information content (AvgIpc) is 3.22. The van der Waals surface area contributed by atoms with Gasteiger partial charge in [0, 0.05) is 25.2 Å². The highest BCUT2D eigenvalue weighted by atomic mass is 35.5. The number of aromatic nitrogens is 3. The van der Waals surface area contributed by atoms with E-state index in [0.717, 1.165) is 36.8 Å². The quantitative estimate of drug-likeness (QED) is 0.811.